The molecule has 4 rings (SSSR count). The molecule has 0 radical (unpaired) electrons. The Bertz CT molecular complexity index is 916. The summed E-state index contributed by atoms with van der Waals surface area (Å²) >= 11 is 7.68. The van der Waals surface area contributed by atoms with E-state index in [9.17, 15) is 25.5 Å². The monoisotopic (exact) mass is 442 g/mol. The highest BCUT2D eigenvalue weighted by Crippen LogP contribution is 2.48. The van der Waals surface area contributed by atoms with E-state index in [0.717, 1.165) is 0 Å². The Kier molecular flexibility index (Phi) is 5.52. The summed E-state index contributed by atoms with van der Waals surface area (Å²) in [4.78, 5) is 1.32. The highest BCUT2D eigenvalue weighted by atomic mass is 35.5. The van der Waals surface area contributed by atoms with Crippen LogP contribution in [0.3, 0.4) is 0 Å². The smallest absolute Gasteiger partial charge is 0.225 e. The highest BCUT2D eigenvalue weighted by molar-refractivity contribution is 7.12. The van der Waals surface area contributed by atoms with E-state index in [4.69, 9.17) is 21.1 Å². The van der Waals surface area contributed by atoms with E-state index in [0.29, 0.717) is 31.5 Å². The van der Waals surface area contributed by atoms with Crippen molar-refractivity contribution < 1.29 is 35.0 Å². The van der Waals surface area contributed by atoms with Gasteiger partial charge < -0.3 is 35.0 Å². The van der Waals surface area contributed by atoms with Gasteiger partial charge in [-0.05, 0) is 43.7 Å². The van der Waals surface area contributed by atoms with Crippen LogP contribution in [0.2, 0.25) is 5.02 Å². The number of fused-ring (bicyclic) bond motifs is 2. The lowest BCUT2D eigenvalue weighted by molar-refractivity contribution is -0.362. The van der Waals surface area contributed by atoms with Crippen LogP contribution in [0.5, 0.6) is 0 Å². The second kappa shape index (κ2) is 7.56. The molecule has 1 saturated heterocycles. The lowest BCUT2D eigenvalue weighted by Gasteiger charge is -2.45. The van der Waals surface area contributed by atoms with E-state index >= 15 is 0 Å². The van der Waals surface area contributed by atoms with Gasteiger partial charge in [0.1, 0.15) is 24.4 Å². The van der Waals surface area contributed by atoms with Gasteiger partial charge in [-0.1, -0.05) is 11.6 Å². The minimum atomic E-state index is -1.66. The second-order valence-corrected chi connectivity index (χ2v) is 9.11. The molecule has 7 nitrogen and oxygen atoms in total. The third kappa shape index (κ3) is 3.33. The Balaban J connectivity index is 1.76. The Hall–Kier alpha value is -1.07. The second-order valence-electron chi connectivity index (χ2n) is 7.55. The number of halogens is 1. The SMILES string of the molecule is CC(O)c1ccc(C(O)c2cc3c(cc2Cl)CO[C@]32O[C@H](C)[C@@H](O)[C@H](O)[C@H]2O)s1. The summed E-state index contributed by atoms with van der Waals surface area (Å²) in [6, 6.07) is 6.72. The molecule has 2 aliphatic rings. The van der Waals surface area contributed by atoms with Crippen molar-refractivity contribution in [2.24, 2.45) is 0 Å². The fraction of sp³-hybridized carbons (Fsp3) is 0.500. The first kappa shape index (κ1) is 21.2. The first-order chi connectivity index (χ1) is 13.7. The summed E-state index contributed by atoms with van der Waals surface area (Å²) in [5, 5.41) is 51.9. The lowest BCUT2D eigenvalue weighted by Crippen LogP contribution is -2.62. The molecule has 0 bridgehead atoms. The van der Waals surface area contributed by atoms with Gasteiger partial charge in [0, 0.05) is 25.9 Å². The predicted molar refractivity (Wildman–Crippen MR) is 106 cm³/mol. The van der Waals surface area contributed by atoms with Crippen LogP contribution >= 0.6 is 22.9 Å². The molecule has 1 aromatic heterocycles. The van der Waals surface area contributed by atoms with Crippen LogP contribution in [0, 0.1) is 0 Å². The molecule has 1 spiro atoms. The number of benzene rings is 1. The average molecular weight is 443 g/mol. The number of ether oxygens (including phenoxy) is 2. The van der Waals surface area contributed by atoms with Gasteiger partial charge in [0.25, 0.3) is 0 Å². The van der Waals surface area contributed by atoms with E-state index in [2.05, 4.69) is 0 Å². The van der Waals surface area contributed by atoms with Crippen molar-refractivity contribution in [3.63, 3.8) is 0 Å². The number of thiophene rings is 1. The van der Waals surface area contributed by atoms with Crippen molar-refractivity contribution >= 4 is 22.9 Å². The summed E-state index contributed by atoms with van der Waals surface area (Å²) in [7, 11) is 0. The van der Waals surface area contributed by atoms with Crippen LogP contribution < -0.4 is 0 Å². The van der Waals surface area contributed by atoms with Crippen molar-refractivity contribution in [3.05, 3.63) is 55.7 Å². The molecule has 0 saturated carbocycles. The fourth-order valence-electron chi connectivity index (χ4n) is 3.89. The number of rotatable bonds is 3. The molecule has 5 N–H and O–H groups in total. The van der Waals surface area contributed by atoms with Crippen LogP contribution in [-0.2, 0) is 21.9 Å². The molecule has 9 heteroatoms. The van der Waals surface area contributed by atoms with Crippen molar-refractivity contribution in [2.75, 3.05) is 0 Å². The third-order valence-corrected chi connectivity index (χ3v) is 7.20. The minimum absolute atomic E-state index is 0.100. The third-order valence-electron chi connectivity index (χ3n) is 5.57. The Morgan fingerprint density at radius 3 is 2.48 bits per heavy atom. The maximum absolute atomic E-state index is 10.9. The topological polar surface area (TPSA) is 120 Å². The number of hydrogen-bond acceptors (Lipinski definition) is 8. The van der Waals surface area contributed by atoms with Crippen LogP contribution in [0.15, 0.2) is 24.3 Å². The summed E-state index contributed by atoms with van der Waals surface area (Å²) in [6.45, 7) is 3.33. The van der Waals surface area contributed by atoms with Crippen molar-refractivity contribution in [1.29, 1.82) is 0 Å². The van der Waals surface area contributed by atoms with Gasteiger partial charge in [0.2, 0.25) is 5.79 Å². The standard InChI is InChI=1S/C20H23ClO7S/c1-8(22)14-3-4-15(29-14)17(24)11-6-12-10(5-13(11)21)7-27-20(12)19(26)18(25)16(23)9(2)28-20/h3-6,8-9,16-19,22-26H,7H2,1-2H3/t8?,9-,16-,17?,18+,19-,20+/m1/s1. The molecule has 0 amide bonds. The number of hydrogen-bond donors (Lipinski definition) is 5. The van der Waals surface area contributed by atoms with E-state index in [1.807, 2.05) is 0 Å². The van der Waals surface area contributed by atoms with E-state index in [-0.39, 0.29) is 6.61 Å². The van der Waals surface area contributed by atoms with Gasteiger partial charge in [-0.15, -0.1) is 11.3 Å². The molecule has 2 aromatic rings. The Morgan fingerprint density at radius 2 is 1.83 bits per heavy atom. The fourth-order valence-corrected chi connectivity index (χ4v) is 5.13. The van der Waals surface area contributed by atoms with E-state index in [1.54, 1.807) is 38.1 Å². The molecule has 2 unspecified atom stereocenters. The first-order valence-electron chi connectivity index (χ1n) is 9.30. The minimum Gasteiger partial charge on any atom is -0.388 e. The summed E-state index contributed by atoms with van der Waals surface area (Å²) < 4.78 is 11.6. The van der Waals surface area contributed by atoms with Gasteiger partial charge in [-0.25, -0.2) is 0 Å². The van der Waals surface area contributed by atoms with Crippen LogP contribution in [0.25, 0.3) is 0 Å². The summed E-state index contributed by atoms with van der Waals surface area (Å²) in [6.07, 6.45) is -6.73. The Labute approximate surface area is 176 Å². The van der Waals surface area contributed by atoms with Crippen LogP contribution in [0.4, 0.5) is 0 Å². The van der Waals surface area contributed by atoms with Gasteiger partial charge in [-0.3, -0.25) is 0 Å². The van der Waals surface area contributed by atoms with Crippen molar-refractivity contribution in [1.82, 2.24) is 0 Å². The zero-order valence-corrected chi connectivity index (χ0v) is 17.4. The van der Waals surface area contributed by atoms with Crippen molar-refractivity contribution in [2.45, 2.75) is 62.9 Å². The zero-order chi connectivity index (χ0) is 21.1. The molecule has 0 aliphatic carbocycles. The molecule has 7 atom stereocenters. The number of aliphatic hydroxyl groups excluding tert-OH is 5. The summed E-state index contributed by atoms with van der Waals surface area (Å²) in [5.74, 6) is -1.66. The Morgan fingerprint density at radius 1 is 1.14 bits per heavy atom. The quantitative estimate of drug-likeness (QED) is 0.491. The molecule has 2 aliphatic heterocycles. The maximum Gasteiger partial charge on any atom is 0.225 e. The van der Waals surface area contributed by atoms with Gasteiger partial charge in [0.05, 0.1) is 18.8 Å². The van der Waals surface area contributed by atoms with Gasteiger partial charge >= 0.3 is 0 Å². The molecule has 1 aromatic carbocycles. The number of aliphatic hydroxyl groups is 5. The largest absolute Gasteiger partial charge is 0.388 e. The molecular weight excluding hydrogens is 420 g/mol. The van der Waals surface area contributed by atoms with Crippen LogP contribution in [-0.4, -0.2) is 49.9 Å². The molecule has 3 heterocycles. The highest BCUT2D eigenvalue weighted by Gasteiger charge is 2.57. The summed E-state index contributed by atoms with van der Waals surface area (Å²) in [5.41, 5.74) is 1.50. The van der Waals surface area contributed by atoms with Gasteiger partial charge in [0.15, 0.2) is 0 Å². The average Bonchev–Trinajstić information content (AvgIpc) is 3.30. The van der Waals surface area contributed by atoms with E-state index in [1.165, 1.54) is 11.3 Å². The zero-order valence-electron chi connectivity index (χ0n) is 15.8. The molecule has 1 fully saturated rings. The van der Waals surface area contributed by atoms with E-state index < -0.39 is 42.4 Å². The van der Waals surface area contributed by atoms with Crippen molar-refractivity contribution in [3.8, 4) is 0 Å². The molecule has 29 heavy (non-hydrogen) atoms. The lowest BCUT2D eigenvalue weighted by atomic mass is 9.86. The first-order valence-corrected chi connectivity index (χ1v) is 10.5. The molecular formula is C20H23ClO7S. The maximum atomic E-state index is 10.9. The normalized spacial score (nSPS) is 33.7. The van der Waals surface area contributed by atoms with Gasteiger partial charge in [-0.2, -0.15) is 0 Å². The molecule has 158 valence electrons. The predicted octanol–water partition coefficient (Wildman–Crippen LogP) is 1.72. The van der Waals surface area contributed by atoms with Crippen LogP contribution in [0.1, 0.15) is 52.5 Å².